The quantitative estimate of drug-likeness (QED) is 0.908. The van der Waals surface area contributed by atoms with Crippen molar-refractivity contribution < 1.29 is 13.9 Å². The smallest absolute Gasteiger partial charge is 0.126 e. The lowest BCUT2D eigenvalue weighted by Crippen LogP contribution is -2.20. The minimum Gasteiger partial charge on any atom is -0.388 e. The monoisotopic (exact) mass is 297 g/mol. The van der Waals surface area contributed by atoms with Crippen LogP contribution in [0.2, 0.25) is 5.02 Å². The van der Waals surface area contributed by atoms with Crippen molar-refractivity contribution >= 4 is 11.6 Å². The second kappa shape index (κ2) is 6.31. The lowest BCUT2D eigenvalue weighted by molar-refractivity contribution is 0.146. The zero-order chi connectivity index (χ0) is 14.7. The molecule has 2 atom stereocenters. The molecule has 106 valence electrons. The SMILES string of the molecule is NCC(c1cccc(Cl)c1)C(O)c1cc(F)cc(F)c1. The number of nitrogens with two attached hydrogens (primary N) is 1. The summed E-state index contributed by atoms with van der Waals surface area (Å²) in [5, 5.41) is 10.8. The van der Waals surface area contributed by atoms with Crippen LogP contribution in [0, 0.1) is 11.6 Å². The molecule has 0 fully saturated rings. The van der Waals surface area contributed by atoms with Crippen LogP contribution >= 0.6 is 11.6 Å². The summed E-state index contributed by atoms with van der Waals surface area (Å²) >= 11 is 5.90. The lowest BCUT2D eigenvalue weighted by Gasteiger charge is -2.22. The Bertz CT molecular complexity index is 586. The van der Waals surface area contributed by atoms with Crippen LogP contribution in [0.3, 0.4) is 0 Å². The lowest BCUT2D eigenvalue weighted by atomic mass is 9.89. The summed E-state index contributed by atoms with van der Waals surface area (Å²) in [4.78, 5) is 0. The van der Waals surface area contributed by atoms with Gasteiger partial charge in [-0.2, -0.15) is 0 Å². The van der Waals surface area contributed by atoms with Crippen molar-refractivity contribution in [1.29, 1.82) is 0 Å². The van der Waals surface area contributed by atoms with E-state index in [-0.39, 0.29) is 12.1 Å². The molecule has 0 aliphatic carbocycles. The van der Waals surface area contributed by atoms with Gasteiger partial charge in [-0.3, -0.25) is 0 Å². The first-order valence-corrected chi connectivity index (χ1v) is 6.48. The fourth-order valence-electron chi connectivity index (χ4n) is 2.16. The summed E-state index contributed by atoms with van der Waals surface area (Å²) < 4.78 is 26.4. The minimum absolute atomic E-state index is 0.125. The first-order valence-electron chi connectivity index (χ1n) is 6.11. The normalized spacial score (nSPS) is 14.1. The van der Waals surface area contributed by atoms with Crippen molar-refractivity contribution in [3.63, 3.8) is 0 Å². The van der Waals surface area contributed by atoms with Crippen LogP contribution in [0.1, 0.15) is 23.1 Å². The molecule has 2 aromatic rings. The van der Waals surface area contributed by atoms with E-state index in [2.05, 4.69) is 0 Å². The molecule has 3 N–H and O–H groups in total. The van der Waals surface area contributed by atoms with Gasteiger partial charge in [-0.05, 0) is 35.4 Å². The number of aliphatic hydroxyl groups excluding tert-OH is 1. The third-order valence-corrected chi connectivity index (χ3v) is 3.37. The summed E-state index contributed by atoms with van der Waals surface area (Å²) in [5.74, 6) is -1.96. The highest BCUT2D eigenvalue weighted by Gasteiger charge is 2.22. The summed E-state index contributed by atoms with van der Waals surface area (Å²) in [6.07, 6.45) is -1.11. The molecule has 0 spiro atoms. The average Bonchev–Trinajstić information content (AvgIpc) is 2.38. The van der Waals surface area contributed by atoms with E-state index >= 15 is 0 Å². The van der Waals surface area contributed by atoms with Crippen molar-refractivity contribution in [3.05, 3.63) is 70.2 Å². The standard InChI is InChI=1S/C15H14ClF2NO/c16-11-3-1-2-9(4-11)14(8-19)15(20)10-5-12(17)7-13(18)6-10/h1-7,14-15,20H,8,19H2. The molecule has 0 aromatic heterocycles. The van der Waals surface area contributed by atoms with Gasteiger partial charge in [0.2, 0.25) is 0 Å². The highest BCUT2D eigenvalue weighted by atomic mass is 35.5. The van der Waals surface area contributed by atoms with Crippen LogP contribution in [-0.4, -0.2) is 11.7 Å². The third kappa shape index (κ3) is 3.33. The molecule has 2 rings (SSSR count). The first kappa shape index (κ1) is 14.9. The molecule has 0 radical (unpaired) electrons. The summed E-state index contributed by atoms with van der Waals surface area (Å²) in [6.45, 7) is 0.125. The van der Waals surface area contributed by atoms with Crippen LogP contribution < -0.4 is 5.73 Å². The molecule has 5 heteroatoms. The highest BCUT2D eigenvalue weighted by Crippen LogP contribution is 2.32. The molecule has 0 aliphatic rings. The predicted molar refractivity (Wildman–Crippen MR) is 74.6 cm³/mol. The molecular weight excluding hydrogens is 284 g/mol. The Morgan fingerprint density at radius 1 is 1.05 bits per heavy atom. The van der Waals surface area contributed by atoms with E-state index in [0.29, 0.717) is 5.02 Å². The van der Waals surface area contributed by atoms with E-state index in [9.17, 15) is 13.9 Å². The summed E-state index contributed by atoms with van der Waals surface area (Å²) in [6, 6.07) is 9.83. The van der Waals surface area contributed by atoms with Crippen LogP contribution in [0.15, 0.2) is 42.5 Å². The van der Waals surface area contributed by atoms with Crippen molar-refractivity contribution in [2.75, 3.05) is 6.54 Å². The number of benzene rings is 2. The van der Waals surface area contributed by atoms with Gasteiger partial charge in [0, 0.05) is 23.6 Å². The zero-order valence-electron chi connectivity index (χ0n) is 10.6. The molecule has 2 aromatic carbocycles. The number of aliphatic hydroxyl groups is 1. The Hall–Kier alpha value is -1.49. The molecule has 0 bridgehead atoms. The van der Waals surface area contributed by atoms with Gasteiger partial charge in [0.15, 0.2) is 0 Å². The van der Waals surface area contributed by atoms with E-state index in [0.717, 1.165) is 23.8 Å². The Balaban J connectivity index is 2.35. The van der Waals surface area contributed by atoms with Crippen molar-refractivity contribution in [2.24, 2.45) is 5.73 Å². The van der Waals surface area contributed by atoms with Gasteiger partial charge in [0.05, 0.1) is 6.10 Å². The molecular formula is C15H14ClF2NO. The molecule has 2 nitrogen and oxygen atoms in total. The molecule has 0 aliphatic heterocycles. The second-order valence-electron chi connectivity index (χ2n) is 4.54. The van der Waals surface area contributed by atoms with Gasteiger partial charge in [-0.1, -0.05) is 23.7 Å². The molecule has 0 amide bonds. The third-order valence-electron chi connectivity index (χ3n) is 3.14. The largest absolute Gasteiger partial charge is 0.388 e. The van der Waals surface area contributed by atoms with Gasteiger partial charge in [-0.25, -0.2) is 8.78 Å². The van der Waals surface area contributed by atoms with Crippen molar-refractivity contribution in [2.45, 2.75) is 12.0 Å². The van der Waals surface area contributed by atoms with Crippen molar-refractivity contribution in [3.8, 4) is 0 Å². The van der Waals surface area contributed by atoms with Crippen LogP contribution in [0.5, 0.6) is 0 Å². The Morgan fingerprint density at radius 2 is 1.70 bits per heavy atom. The fraction of sp³-hybridized carbons (Fsp3) is 0.200. The van der Waals surface area contributed by atoms with E-state index in [1.807, 2.05) is 0 Å². The van der Waals surface area contributed by atoms with Gasteiger partial charge in [-0.15, -0.1) is 0 Å². The number of hydrogen-bond donors (Lipinski definition) is 2. The van der Waals surface area contributed by atoms with Gasteiger partial charge < -0.3 is 10.8 Å². The predicted octanol–water partition coefficient (Wildman–Crippen LogP) is 3.39. The maximum atomic E-state index is 13.2. The van der Waals surface area contributed by atoms with Crippen LogP contribution in [0.4, 0.5) is 8.78 Å². The van der Waals surface area contributed by atoms with E-state index < -0.39 is 23.7 Å². The second-order valence-corrected chi connectivity index (χ2v) is 4.98. The Morgan fingerprint density at radius 3 is 2.25 bits per heavy atom. The Kier molecular flexibility index (Phi) is 4.70. The first-order chi connectivity index (χ1) is 9.51. The van der Waals surface area contributed by atoms with Crippen LogP contribution in [0.25, 0.3) is 0 Å². The topological polar surface area (TPSA) is 46.2 Å². The molecule has 0 heterocycles. The maximum absolute atomic E-state index is 13.2. The van der Waals surface area contributed by atoms with E-state index in [1.54, 1.807) is 24.3 Å². The molecule has 20 heavy (non-hydrogen) atoms. The van der Waals surface area contributed by atoms with Crippen LogP contribution in [-0.2, 0) is 0 Å². The molecule has 0 saturated carbocycles. The number of halogens is 3. The average molecular weight is 298 g/mol. The molecule has 2 unspecified atom stereocenters. The summed E-state index contributed by atoms with van der Waals surface area (Å²) in [7, 11) is 0. The Labute approximate surface area is 120 Å². The van der Waals surface area contributed by atoms with E-state index in [4.69, 9.17) is 17.3 Å². The number of rotatable bonds is 4. The van der Waals surface area contributed by atoms with E-state index in [1.165, 1.54) is 0 Å². The minimum atomic E-state index is -1.11. The fourth-order valence-corrected chi connectivity index (χ4v) is 2.36. The van der Waals surface area contributed by atoms with Crippen molar-refractivity contribution in [1.82, 2.24) is 0 Å². The van der Waals surface area contributed by atoms with Gasteiger partial charge >= 0.3 is 0 Å². The van der Waals surface area contributed by atoms with Gasteiger partial charge in [0.1, 0.15) is 11.6 Å². The zero-order valence-corrected chi connectivity index (χ0v) is 11.3. The molecule has 0 saturated heterocycles. The maximum Gasteiger partial charge on any atom is 0.126 e. The summed E-state index contributed by atoms with van der Waals surface area (Å²) in [5.41, 5.74) is 6.55. The highest BCUT2D eigenvalue weighted by molar-refractivity contribution is 6.30. The number of hydrogen-bond acceptors (Lipinski definition) is 2. The van der Waals surface area contributed by atoms with Gasteiger partial charge in [0.25, 0.3) is 0 Å².